The Morgan fingerprint density at radius 3 is 2.27 bits per heavy atom. The Morgan fingerprint density at radius 2 is 1.68 bits per heavy atom. The molecule has 1 unspecified atom stereocenters. The molecule has 0 spiro atoms. The fourth-order valence-electron chi connectivity index (χ4n) is 5.79. The molecule has 7 nitrogen and oxygen atoms in total. The zero-order valence-electron chi connectivity index (χ0n) is 24.0. The highest BCUT2D eigenvalue weighted by Crippen LogP contribution is 2.41. The standard InChI is InChI=1S/C31H40ClFN4O3/c1-5-35(6-2)15-16-37-20-26(29(38)31(40)34(3)4)24-18-25(27(32)19-28(24)37)30(39)36-13-11-22(12-14-36)17-21-7-9-23(33)10-8-21/h7-10,18-19,22,26H,5-6,11-17,20H2,1-4H3. The SMILES string of the molecule is CCN(CC)CCN1CC(C(=O)C(=O)N(C)C)c2cc(C(=O)N3CCC(Cc4ccc(F)cc4)CC3)c(Cl)cc21. The fraction of sp³-hybridized carbons (Fsp3) is 0.516. The van der Waals surface area contributed by atoms with Crippen molar-refractivity contribution in [3.63, 3.8) is 0 Å². The van der Waals surface area contributed by atoms with E-state index >= 15 is 0 Å². The summed E-state index contributed by atoms with van der Waals surface area (Å²) in [7, 11) is 3.15. The summed E-state index contributed by atoms with van der Waals surface area (Å²) in [5, 5.41) is 0.358. The fourth-order valence-corrected chi connectivity index (χ4v) is 6.02. The number of ketones is 1. The second kappa shape index (κ2) is 13.1. The Kier molecular flexibility index (Phi) is 9.85. The van der Waals surface area contributed by atoms with Crippen LogP contribution in [0.5, 0.6) is 0 Å². The van der Waals surface area contributed by atoms with Crippen LogP contribution in [-0.4, -0.2) is 92.2 Å². The van der Waals surface area contributed by atoms with Gasteiger partial charge in [-0.2, -0.15) is 0 Å². The first-order valence-electron chi connectivity index (χ1n) is 14.2. The van der Waals surface area contributed by atoms with Gasteiger partial charge in [-0.1, -0.05) is 37.6 Å². The first-order valence-corrected chi connectivity index (χ1v) is 14.6. The molecule has 2 aromatic rings. The molecule has 0 saturated carbocycles. The molecule has 1 atom stereocenters. The third-order valence-electron chi connectivity index (χ3n) is 8.32. The van der Waals surface area contributed by atoms with Crippen LogP contribution in [0.4, 0.5) is 10.1 Å². The highest BCUT2D eigenvalue weighted by molar-refractivity contribution is 6.39. The minimum absolute atomic E-state index is 0.153. The number of rotatable bonds is 10. The molecule has 2 aromatic carbocycles. The molecule has 9 heteroatoms. The molecule has 2 aliphatic heterocycles. The number of Topliss-reactive ketones (excluding diaryl/α,β-unsaturated/α-hetero) is 1. The van der Waals surface area contributed by atoms with E-state index in [0.717, 1.165) is 50.1 Å². The van der Waals surface area contributed by atoms with Crippen LogP contribution in [-0.2, 0) is 16.0 Å². The Bertz CT molecular complexity index is 1220. The number of nitrogens with zero attached hydrogens (tertiary/aromatic N) is 4. The van der Waals surface area contributed by atoms with Crippen molar-refractivity contribution in [2.24, 2.45) is 5.92 Å². The van der Waals surface area contributed by atoms with Gasteiger partial charge >= 0.3 is 0 Å². The van der Waals surface area contributed by atoms with Crippen LogP contribution in [0.15, 0.2) is 36.4 Å². The van der Waals surface area contributed by atoms with Gasteiger partial charge in [-0.25, -0.2) is 4.39 Å². The number of hydrogen-bond donors (Lipinski definition) is 0. The van der Waals surface area contributed by atoms with Gasteiger partial charge in [0.15, 0.2) is 0 Å². The summed E-state index contributed by atoms with van der Waals surface area (Å²) in [5.41, 5.74) is 2.98. The zero-order chi connectivity index (χ0) is 29.0. The number of amides is 2. The quantitative estimate of drug-likeness (QED) is 0.394. The summed E-state index contributed by atoms with van der Waals surface area (Å²) in [4.78, 5) is 47.1. The molecule has 1 fully saturated rings. The van der Waals surface area contributed by atoms with Gasteiger partial charge in [0.2, 0.25) is 5.78 Å². The van der Waals surface area contributed by atoms with Crippen molar-refractivity contribution in [2.45, 2.75) is 39.0 Å². The molecule has 2 amide bonds. The molecular formula is C31H40ClFN4O3. The number of carbonyl (C=O) groups is 3. The maximum Gasteiger partial charge on any atom is 0.290 e. The second-order valence-corrected chi connectivity index (χ2v) is 11.5. The molecule has 40 heavy (non-hydrogen) atoms. The van der Waals surface area contributed by atoms with Crippen molar-refractivity contribution in [1.29, 1.82) is 0 Å². The van der Waals surface area contributed by atoms with Crippen LogP contribution in [0.25, 0.3) is 0 Å². The lowest BCUT2D eigenvalue weighted by Gasteiger charge is -2.32. The topological polar surface area (TPSA) is 64.2 Å². The summed E-state index contributed by atoms with van der Waals surface area (Å²) in [5.74, 6) is -1.64. The Morgan fingerprint density at radius 1 is 1.02 bits per heavy atom. The minimum atomic E-state index is -0.646. The molecule has 2 aliphatic rings. The number of fused-ring (bicyclic) bond motifs is 1. The second-order valence-electron chi connectivity index (χ2n) is 11.0. The number of hydrogen-bond acceptors (Lipinski definition) is 5. The Labute approximate surface area is 241 Å². The van der Waals surface area contributed by atoms with Crippen LogP contribution in [0, 0.1) is 11.7 Å². The van der Waals surface area contributed by atoms with Gasteiger partial charge in [-0.05, 0) is 73.7 Å². The molecule has 216 valence electrons. The molecule has 0 N–H and O–H groups in total. The van der Waals surface area contributed by atoms with E-state index in [0.29, 0.717) is 48.2 Å². The maximum absolute atomic E-state index is 13.6. The highest BCUT2D eigenvalue weighted by atomic mass is 35.5. The number of benzene rings is 2. The molecule has 1 saturated heterocycles. The van der Waals surface area contributed by atoms with E-state index in [9.17, 15) is 18.8 Å². The zero-order valence-corrected chi connectivity index (χ0v) is 24.7. The average Bonchev–Trinajstić information content (AvgIpc) is 3.30. The van der Waals surface area contributed by atoms with Crippen molar-refractivity contribution >= 4 is 34.9 Å². The van der Waals surface area contributed by atoms with Crippen LogP contribution < -0.4 is 4.90 Å². The molecule has 0 radical (unpaired) electrons. The lowest BCUT2D eigenvalue weighted by molar-refractivity contribution is -0.143. The minimum Gasteiger partial charge on any atom is -0.369 e. The molecular weight excluding hydrogens is 531 g/mol. The van der Waals surface area contributed by atoms with Crippen LogP contribution in [0.1, 0.15) is 54.1 Å². The van der Waals surface area contributed by atoms with Gasteiger partial charge in [-0.15, -0.1) is 0 Å². The van der Waals surface area contributed by atoms with Gasteiger partial charge in [0.25, 0.3) is 11.8 Å². The van der Waals surface area contributed by atoms with E-state index in [4.69, 9.17) is 11.6 Å². The third-order valence-corrected chi connectivity index (χ3v) is 8.63. The van der Waals surface area contributed by atoms with Gasteiger partial charge in [-0.3, -0.25) is 14.4 Å². The third kappa shape index (κ3) is 6.66. The molecule has 0 bridgehead atoms. The summed E-state index contributed by atoms with van der Waals surface area (Å²) in [6.45, 7) is 9.19. The van der Waals surface area contributed by atoms with Crippen molar-refractivity contribution in [1.82, 2.24) is 14.7 Å². The summed E-state index contributed by atoms with van der Waals surface area (Å²) < 4.78 is 13.2. The average molecular weight is 571 g/mol. The van der Waals surface area contributed by atoms with E-state index in [1.165, 1.54) is 17.0 Å². The lowest BCUT2D eigenvalue weighted by Crippen LogP contribution is -2.39. The Balaban J connectivity index is 1.52. The number of carbonyl (C=O) groups excluding carboxylic acids is 3. The van der Waals surface area contributed by atoms with Gasteiger partial charge in [0.05, 0.1) is 16.5 Å². The lowest BCUT2D eigenvalue weighted by atomic mass is 9.89. The van der Waals surface area contributed by atoms with E-state index < -0.39 is 17.6 Å². The van der Waals surface area contributed by atoms with E-state index in [-0.39, 0.29) is 11.7 Å². The normalized spacial score (nSPS) is 17.3. The van der Waals surface area contributed by atoms with E-state index in [2.05, 4.69) is 23.6 Å². The molecule has 2 heterocycles. The van der Waals surface area contributed by atoms with Gasteiger partial charge < -0.3 is 19.6 Å². The van der Waals surface area contributed by atoms with Gasteiger partial charge in [0.1, 0.15) is 5.82 Å². The largest absolute Gasteiger partial charge is 0.369 e. The molecule has 0 aliphatic carbocycles. The van der Waals surface area contributed by atoms with Crippen molar-refractivity contribution in [2.75, 3.05) is 64.8 Å². The van der Waals surface area contributed by atoms with Crippen LogP contribution in [0.2, 0.25) is 5.02 Å². The predicted molar refractivity (Wildman–Crippen MR) is 157 cm³/mol. The van der Waals surface area contributed by atoms with Crippen LogP contribution >= 0.6 is 11.6 Å². The number of piperidine rings is 1. The summed E-state index contributed by atoms with van der Waals surface area (Å²) in [6.07, 6.45) is 2.56. The van der Waals surface area contributed by atoms with E-state index in [1.807, 2.05) is 17.0 Å². The first-order chi connectivity index (χ1) is 19.1. The number of likely N-dealkylation sites (tertiary alicyclic amines) is 1. The van der Waals surface area contributed by atoms with Crippen molar-refractivity contribution in [3.8, 4) is 0 Å². The van der Waals surface area contributed by atoms with Gasteiger partial charge in [0, 0.05) is 52.5 Å². The number of halogens is 2. The smallest absolute Gasteiger partial charge is 0.290 e. The first kappa shape index (κ1) is 30.0. The summed E-state index contributed by atoms with van der Waals surface area (Å²) >= 11 is 6.72. The highest BCUT2D eigenvalue weighted by Gasteiger charge is 2.39. The molecule has 0 aromatic heterocycles. The van der Waals surface area contributed by atoms with Crippen molar-refractivity contribution < 1.29 is 18.8 Å². The van der Waals surface area contributed by atoms with E-state index in [1.54, 1.807) is 26.2 Å². The Hall–Kier alpha value is -2.97. The van der Waals surface area contributed by atoms with Crippen LogP contribution in [0.3, 0.4) is 0 Å². The summed E-state index contributed by atoms with van der Waals surface area (Å²) in [6, 6.07) is 10.1. The number of likely N-dealkylation sites (N-methyl/N-ethyl adjacent to an activating group) is 2. The van der Waals surface area contributed by atoms with Crippen molar-refractivity contribution in [3.05, 3.63) is 63.9 Å². The predicted octanol–water partition coefficient (Wildman–Crippen LogP) is 4.48. The maximum atomic E-state index is 13.6. The monoisotopic (exact) mass is 570 g/mol. The number of anilines is 1. The molecule has 4 rings (SSSR count).